The number of nitro groups is 1. The fourth-order valence-electron chi connectivity index (χ4n) is 2.92. The van der Waals surface area contributed by atoms with Crippen molar-refractivity contribution in [1.29, 1.82) is 0 Å². The lowest BCUT2D eigenvalue weighted by Gasteiger charge is -2.18. The van der Waals surface area contributed by atoms with Crippen LogP contribution < -0.4 is 10.1 Å². The maximum atomic E-state index is 12.4. The molecule has 1 amide bonds. The molecule has 2 aromatic rings. The molecule has 0 spiro atoms. The number of ether oxygens (including phenoxy) is 1. The van der Waals surface area contributed by atoms with Crippen molar-refractivity contribution in [2.24, 2.45) is 0 Å². The second-order valence-electron chi connectivity index (χ2n) is 6.75. The number of carbonyl (C=O) groups excluding carboxylic acids is 1. The number of aryl methyl sites for hydroxylation is 3. The molecule has 27 heavy (non-hydrogen) atoms. The van der Waals surface area contributed by atoms with Crippen LogP contribution in [0.3, 0.4) is 0 Å². The van der Waals surface area contributed by atoms with Crippen molar-refractivity contribution in [3.63, 3.8) is 0 Å². The van der Waals surface area contributed by atoms with Gasteiger partial charge >= 0.3 is 5.69 Å². The van der Waals surface area contributed by atoms with Crippen LogP contribution in [0, 0.1) is 30.9 Å². The average Bonchev–Trinajstić information content (AvgIpc) is 2.58. The van der Waals surface area contributed by atoms with Gasteiger partial charge in [-0.15, -0.1) is 0 Å². The fourth-order valence-corrected chi connectivity index (χ4v) is 2.92. The molecule has 0 radical (unpaired) electrons. The Balaban J connectivity index is 2.05. The SMILES string of the molecule is COc1cc(NC(=O)CN(C)Cc2ccc(C)cc2C)c(C)cc1[N+](=O)[O-]. The van der Waals surface area contributed by atoms with E-state index in [2.05, 4.69) is 37.4 Å². The third-order valence-corrected chi connectivity index (χ3v) is 4.35. The van der Waals surface area contributed by atoms with E-state index in [0.717, 1.165) is 0 Å². The summed E-state index contributed by atoms with van der Waals surface area (Å²) in [5, 5.41) is 13.9. The molecule has 0 unspecified atom stereocenters. The number of hydrogen-bond acceptors (Lipinski definition) is 5. The van der Waals surface area contributed by atoms with Gasteiger partial charge in [0.1, 0.15) is 0 Å². The monoisotopic (exact) mass is 371 g/mol. The van der Waals surface area contributed by atoms with Crippen molar-refractivity contribution >= 4 is 17.3 Å². The topological polar surface area (TPSA) is 84.7 Å². The molecule has 0 heterocycles. The lowest BCUT2D eigenvalue weighted by molar-refractivity contribution is -0.385. The van der Waals surface area contributed by atoms with E-state index in [1.807, 2.05) is 11.9 Å². The number of nitrogens with one attached hydrogen (secondary N) is 1. The van der Waals surface area contributed by atoms with E-state index in [9.17, 15) is 14.9 Å². The van der Waals surface area contributed by atoms with Crippen LogP contribution in [0.5, 0.6) is 5.75 Å². The molecule has 0 aliphatic carbocycles. The maximum Gasteiger partial charge on any atom is 0.311 e. The Bertz CT molecular complexity index is 865. The molecule has 0 aromatic heterocycles. The van der Waals surface area contributed by atoms with Gasteiger partial charge in [-0.25, -0.2) is 0 Å². The highest BCUT2D eigenvalue weighted by Gasteiger charge is 2.18. The molecular formula is C20H25N3O4. The highest BCUT2D eigenvalue weighted by atomic mass is 16.6. The van der Waals surface area contributed by atoms with Gasteiger partial charge in [0.25, 0.3) is 0 Å². The molecule has 0 bridgehead atoms. The zero-order chi connectivity index (χ0) is 20.1. The highest BCUT2D eigenvalue weighted by molar-refractivity contribution is 5.93. The summed E-state index contributed by atoms with van der Waals surface area (Å²) < 4.78 is 5.06. The number of rotatable bonds is 7. The minimum Gasteiger partial charge on any atom is -0.490 e. The molecule has 2 aromatic carbocycles. The summed E-state index contributed by atoms with van der Waals surface area (Å²) in [5.41, 5.74) is 4.55. The van der Waals surface area contributed by atoms with Crippen LogP contribution in [0.1, 0.15) is 22.3 Å². The van der Waals surface area contributed by atoms with Gasteiger partial charge in [0, 0.05) is 24.4 Å². The van der Waals surface area contributed by atoms with Gasteiger partial charge < -0.3 is 10.1 Å². The number of methoxy groups -OCH3 is 1. The average molecular weight is 371 g/mol. The van der Waals surface area contributed by atoms with Crippen LogP contribution in [-0.2, 0) is 11.3 Å². The van der Waals surface area contributed by atoms with E-state index in [4.69, 9.17) is 4.74 Å². The maximum absolute atomic E-state index is 12.4. The summed E-state index contributed by atoms with van der Waals surface area (Å²) in [6.45, 7) is 6.67. The van der Waals surface area contributed by atoms with Gasteiger partial charge in [-0.1, -0.05) is 23.8 Å². The molecule has 0 saturated heterocycles. The van der Waals surface area contributed by atoms with Gasteiger partial charge in [0.05, 0.1) is 18.6 Å². The summed E-state index contributed by atoms with van der Waals surface area (Å²) in [7, 11) is 3.24. The van der Waals surface area contributed by atoms with E-state index >= 15 is 0 Å². The van der Waals surface area contributed by atoms with E-state index in [1.165, 1.54) is 35.9 Å². The van der Waals surface area contributed by atoms with E-state index in [0.29, 0.717) is 17.8 Å². The lowest BCUT2D eigenvalue weighted by atomic mass is 10.1. The molecule has 0 aliphatic heterocycles. The van der Waals surface area contributed by atoms with Crippen LogP contribution in [0.2, 0.25) is 0 Å². The molecule has 2 rings (SSSR count). The molecule has 0 atom stereocenters. The summed E-state index contributed by atoms with van der Waals surface area (Å²) in [6.07, 6.45) is 0. The summed E-state index contributed by atoms with van der Waals surface area (Å²) in [6, 6.07) is 9.13. The second kappa shape index (κ2) is 8.64. The number of anilines is 1. The lowest BCUT2D eigenvalue weighted by Crippen LogP contribution is -2.30. The second-order valence-corrected chi connectivity index (χ2v) is 6.75. The molecule has 0 fully saturated rings. The van der Waals surface area contributed by atoms with Crippen molar-refractivity contribution in [2.75, 3.05) is 26.0 Å². The van der Waals surface area contributed by atoms with Gasteiger partial charge in [-0.3, -0.25) is 19.8 Å². The Kier molecular flexibility index (Phi) is 6.52. The quantitative estimate of drug-likeness (QED) is 0.594. The first kappa shape index (κ1) is 20.4. The first-order chi connectivity index (χ1) is 12.7. The van der Waals surface area contributed by atoms with Crippen molar-refractivity contribution in [3.05, 3.63) is 62.7 Å². The summed E-state index contributed by atoms with van der Waals surface area (Å²) in [4.78, 5) is 24.9. The van der Waals surface area contributed by atoms with Crippen LogP contribution in [-0.4, -0.2) is 36.4 Å². The number of benzene rings is 2. The van der Waals surface area contributed by atoms with Gasteiger partial charge in [0.15, 0.2) is 5.75 Å². The predicted molar refractivity (Wildman–Crippen MR) is 105 cm³/mol. The number of hydrogen-bond donors (Lipinski definition) is 1. The van der Waals surface area contributed by atoms with Crippen molar-refractivity contribution in [2.45, 2.75) is 27.3 Å². The largest absolute Gasteiger partial charge is 0.490 e. The smallest absolute Gasteiger partial charge is 0.311 e. The minimum atomic E-state index is -0.505. The fraction of sp³-hybridized carbons (Fsp3) is 0.350. The van der Waals surface area contributed by atoms with E-state index in [-0.39, 0.29) is 23.9 Å². The van der Waals surface area contributed by atoms with Crippen LogP contribution >= 0.6 is 0 Å². The minimum absolute atomic E-state index is 0.115. The standard InChI is InChI=1S/C20H25N3O4/c1-13-6-7-16(14(2)8-13)11-22(4)12-20(24)21-17-10-19(27-5)18(23(25)26)9-15(17)3/h6-10H,11-12H2,1-5H3,(H,21,24). The Morgan fingerprint density at radius 1 is 1.19 bits per heavy atom. The van der Waals surface area contributed by atoms with Crippen LogP contribution in [0.25, 0.3) is 0 Å². The number of carbonyl (C=O) groups is 1. The Labute approximate surface area is 159 Å². The zero-order valence-corrected chi connectivity index (χ0v) is 16.3. The van der Waals surface area contributed by atoms with Gasteiger partial charge in [0.2, 0.25) is 5.91 Å². The van der Waals surface area contributed by atoms with Crippen LogP contribution in [0.4, 0.5) is 11.4 Å². The first-order valence-electron chi connectivity index (χ1n) is 8.58. The van der Waals surface area contributed by atoms with E-state index in [1.54, 1.807) is 6.92 Å². The number of amides is 1. The number of nitrogens with zero attached hydrogens (tertiary/aromatic N) is 2. The highest BCUT2D eigenvalue weighted by Crippen LogP contribution is 2.32. The van der Waals surface area contributed by atoms with Crippen LogP contribution in [0.15, 0.2) is 30.3 Å². The summed E-state index contributed by atoms with van der Waals surface area (Å²) >= 11 is 0. The molecule has 1 N–H and O–H groups in total. The van der Waals surface area contributed by atoms with Crippen molar-refractivity contribution in [3.8, 4) is 5.75 Å². The molecule has 7 nitrogen and oxygen atoms in total. The molecule has 7 heteroatoms. The number of likely N-dealkylation sites (N-methyl/N-ethyl adjacent to an activating group) is 1. The van der Waals surface area contributed by atoms with Crippen molar-refractivity contribution < 1.29 is 14.5 Å². The van der Waals surface area contributed by atoms with E-state index < -0.39 is 4.92 Å². The predicted octanol–water partition coefficient (Wildman–Crippen LogP) is 3.60. The Hall–Kier alpha value is -2.93. The summed E-state index contributed by atoms with van der Waals surface area (Å²) in [5.74, 6) is -0.0780. The number of nitro benzene ring substituents is 1. The molecule has 0 saturated carbocycles. The normalized spacial score (nSPS) is 10.7. The molecule has 0 aliphatic rings. The third kappa shape index (κ3) is 5.27. The molecular weight excluding hydrogens is 346 g/mol. The van der Waals surface area contributed by atoms with Crippen molar-refractivity contribution in [1.82, 2.24) is 4.90 Å². The van der Waals surface area contributed by atoms with Gasteiger partial charge in [-0.2, -0.15) is 0 Å². The third-order valence-electron chi connectivity index (χ3n) is 4.35. The molecule has 144 valence electrons. The first-order valence-corrected chi connectivity index (χ1v) is 8.58. The Morgan fingerprint density at radius 3 is 2.48 bits per heavy atom. The Morgan fingerprint density at radius 2 is 1.89 bits per heavy atom. The zero-order valence-electron chi connectivity index (χ0n) is 16.3. The van der Waals surface area contributed by atoms with Gasteiger partial charge in [-0.05, 0) is 44.5 Å².